The maximum Gasteiger partial charge on any atom is 0.120 e. The highest BCUT2D eigenvalue weighted by molar-refractivity contribution is 5.36. The summed E-state index contributed by atoms with van der Waals surface area (Å²) < 4.78 is 11.3. The van der Waals surface area contributed by atoms with Crippen LogP contribution in [-0.2, 0) is 4.74 Å². The van der Waals surface area contributed by atoms with Gasteiger partial charge in [0.1, 0.15) is 12.4 Å². The lowest BCUT2D eigenvalue weighted by Crippen LogP contribution is -2.09. The van der Waals surface area contributed by atoms with Crippen LogP contribution in [0.4, 0.5) is 0 Å². The average molecular weight is 267 g/mol. The van der Waals surface area contributed by atoms with E-state index < -0.39 is 0 Å². The fourth-order valence-corrected chi connectivity index (χ4v) is 1.86. The first-order valence-corrected chi connectivity index (χ1v) is 6.59. The highest BCUT2D eigenvalue weighted by atomic mass is 16.5. The van der Waals surface area contributed by atoms with Crippen LogP contribution in [0.25, 0.3) is 0 Å². The Labute approximate surface area is 119 Å². The molecule has 3 nitrogen and oxygen atoms in total. The third-order valence-electron chi connectivity index (χ3n) is 2.95. The third kappa shape index (κ3) is 4.11. The van der Waals surface area contributed by atoms with Gasteiger partial charge in [-0.15, -0.1) is 0 Å². The zero-order valence-corrected chi connectivity index (χ0v) is 11.5. The molecule has 20 heavy (non-hydrogen) atoms. The first kappa shape index (κ1) is 14.1. The fraction of sp³-hybridized carbons (Fsp3) is 0.235. The molecule has 0 amide bonds. The Morgan fingerprint density at radius 2 is 1.85 bits per heavy atom. The van der Waals surface area contributed by atoms with E-state index >= 15 is 0 Å². The smallest absolute Gasteiger partial charge is 0.120 e. The summed E-state index contributed by atoms with van der Waals surface area (Å²) in [6.45, 7) is 2.99. The second kappa shape index (κ2) is 7.32. The van der Waals surface area contributed by atoms with E-state index in [0.717, 1.165) is 5.56 Å². The monoisotopic (exact) mass is 267 g/mol. The van der Waals surface area contributed by atoms with E-state index in [1.54, 1.807) is 18.2 Å². The Balaban J connectivity index is 1.75. The third-order valence-corrected chi connectivity index (χ3v) is 2.95. The van der Waals surface area contributed by atoms with E-state index in [1.165, 1.54) is 0 Å². The Hall–Kier alpha value is -2.31. The van der Waals surface area contributed by atoms with Gasteiger partial charge in [-0.1, -0.05) is 36.4 Å². The molecule has 0 saturated carbocycles. The van der Waals surface area contributed by atoms with Crippen LogP contribution in [0.1, 0.15) is 24.2 Å². The molecule has 0 heterocycles. The van der Waals surface area contributed by atoms with Gasteiger partial charge < -0.3 is 9.47 Å². The van der Waals surface area contributed by atoms with Crippen LogP contribution < -0.4 is 4.74 Å². The molecule has 0 radical (unpaired) electrons. The first-order chi connectivity index (χ1) is 9.79. The Kier molecular flexibility index (Phi) is 5.16. The van der Waals surface area contributed by atoms with Crippen molar-refractivity contribution < 1.29 is 9.47 Å². The number of hydrogen-bond donors (Lipinski definition) is 0. The van der Waals surface area contributed by atoms with Crippen LogP contribution in [0.2, 0.25) is 0 Å². The van der Waals surface area contributed by atoms with Gasteiger partial charge in [0.05, 0.1) is 24.3 Å². The minimum Gasteiger partial charge on any atom is -0.491 e. The van der Waals surface area contributed by atoms with Crippen molar-refractivity contribution in [2.75, 3.05) is 13.2 Å². The maximum atomic E-state index is 8.80. The molecule has 2 rings (SSSR count). The van der Waals surface area contributed by atoms with Gasteiger partial charge in [-0.2, -0.15) is 5.26 Å². The number of nitriles is 1. The van der Waals surface area contributed by atoms with Crippen molar-refractivity contribution in [3.05, 3.63) is 65.7 Å². The van der Waals surface area contributed by atoms with E-state index in [9.17, 15) is 0 Å². The molecule has 2 aromatic rings. The molecule has 0 N–H and O–H groups in total. The minimum atomic E-state index is 0.0465. The van der Waals surface area contributed by atoms with Crippen molar-refractivity contribution in [1.82, 2.24) is 0 Å². The molecule has 0 spiro atoms. The lowest BCUT2D eigenvalue weighted by atomic mass is 10.1. The minimum absolute atomic E-state index is 0.0465. The molecular weight excluding hydrogens is 250 g/mol. The molecule has 2 aromatic carbocycles. The molecule has 3 heteroatoms. The molecule has 0 bridgehead atoms. The molecule has 0 aliphatic heterocycles. The molecule has 0 aliphatic rings. The standard InChI is InChI=1S/C17H17NO2/c1-14(16-7-3-2-4-8-16)19-10-11-20-17-9-5-6-15(12-17)13-18/h2-9,12,14H,10-11H2,1H3. The van der Waals surface area contributed by atoms with Gasteiger partial charge in [0, 0.05) is 0 Å². The highest BCUT2D eigenvalue weighted by Gasteiger charge is 2.04. The van der Waals surface area contributed by atoms with Crippen molar-refractivity contribution in [3.8, 4) is 11.8 Å². The first-order valence-electron chi connectivity index (χ1n) is 6.59. The second-order valence-corrected chi connectivity index (χ2v) is 4.41. The van der Waals surface area contributed by atoms with Gasteiger partial charge in [-0.3, -0.25) is 0 Å². The summed E-state index contributed by atoms with van der Waals surface area (Å²) in [6.07, 6.45) is 0.0465. The second-order valence-electron chi connectivity index (χ2n) is 4.41. The van der Waals surface area contributed by atoms with Crippen LogP contribution in [0.15, 0.2) is 54.6 Å². The van der Waals surface area contributed by atoms with Crippen LogP contribution in [0.5, 0.6) is 5.75 Å². The Morgan fingerprint density at radius 1 is 1.05 bits per heavy atom. The largest absolute Gasteiger partial charge is 0.491 e. The summed E-state index contributed by atoms with van der Waals surface area (Å²) in [5.41, 5.74) is 1.75. The van der Waals surface area contributed by atoms with Crippen molar-refractivity contribution in [1.29, 1.82) is 5.26 Å². The van der Waals surface area contributed by atoms with E-state index in [2.05, 4.69) is 6.07 Å². The van der Waals surface area contributed by atoms with Gasteiger partial charge in [0.2, 0.25) is 0 Å². The quantitative estimate of drug-likeness (QED) is 0.749. The number of hydrogen-bond acceptors (Lipinski definition) is 3. The molecule has 102 valence electrons. The van der Waals surface area contributed by atoms with Crippen molar-refractivity contribution in [2.24, 2.45) is 0 Å². The van der Waals surface area contributed by atoms with Crippen LogP contribution in [-0.4, -0.2) is 13.2 Å². The van der Waals surface area contributed by atoms with Gasteiger partial charge in [-0.25, -0.2) is 0 Å². The van der Waals surface area contributed by atoms with E-state index in [-0.39, 0.29) is 6.10 Å². The summed E-state index contributed by atoms with van der Waals surface area (Å²) >= 11 is 0. The number of benzene rings is 2. The molecular formula is C17H17NO2. The Bertz CT molecular complexity index is 575. The lowest BCUT2D eigenvalue weighted by Gasteiger charge is -2.13. The SMILES string of the molecule is CC(OCCOc1cccc(C#N)c1)c1ccccc1. The maximum absolute atomic E-state index is 8.80. The molecule has 0 aliphatic carbocycles. The predicted octanol–water partition coefficient (Wildman–Crippen LogP) is 3.71. The van der Waals surface area contributed by atoms with Crippen molar-refractivity contribution >= 4 is 0 Å². The number of nitrogens with zero attached hydrogens (tertiary/aromatic N) is 1. The van der Waals surface area contributed by atoms with Crippen molar-refractivity contribution in [3.63, 3.8) is 0 Å². The van der Waals surface area contributed by atoms with Gasteiger partial charge in [0.25, 0.3) is 0 Å². The topological polar surface area (TPSA) is 42.2 Å². The molecule has 1 atom stereocenters. The van der Waals surface area contributed by atoms with Crippen LogP contribution in [0.3, 0.4) is 0 Å². The molecule has 1 unspecified atom stereocenters. The zero-order chi connectivity index (χ0) is 14.2. The van der Waals surface area contributed by atoms with Crippen molar-refractivity contribution in [2.45, 2.75) is 13.0 Å². The Morgan fingerprint density at radius 3 is 2.60 bits per heavy atom. The van der Waals surface area contributed by atoms with Crippen LogP contribution >= 0.6 is 0 Å². The highest BCUT2D eigenvalue weighted by Crippen LogP contribution is 2.16. The molecule has 0 aromatic heterocycles. The molecule has 0 fully saturated rings. The van der Waals surface area contributed by atoms with Gasteiger partial charge in [-0.05, 0) is 30.7 Å². The van der Waals surface area contributed by atoms with Gasteiger partial charge in [0.15, 0.2) is 0 Å². The molecule has 0 saturated heterocycles. The normalized spacial score (nSPS) is 11.6. The summed E-state index contributed by atoms with van der Waals surface area (Å²) in [7, 11) is 0. The lowest BCUT2D eigenvalue weighted by molar-refractivity contribution is 0.0439. The van der Waals surface area contributed by atoms with Crippen LogP contribution in [0, 0.1) is 11.3 Å². The zero-order valence-electron chi connectivity index (χ0n) is 11.5. The van der Waals surface area contributed by atoms with Gasteiger partial charge >= 0.3 is 0 Å². The predicted molar refractivity (Wildman–Crippen MR) is 77.5 cm³/mol. The average Bonchev–Trinajstić information content (AvgIpc) is 2.52. The summed E-state index contributed by atoms with van der Waals surface area (Å²) in [6, 6.07) is 19.3. The number of rotatable bonds is 6. The summed E-state index contributed by atoms with van der Waals surface area (Å²) in [4.78, 5) is 0. The fourth-order valence-electron chi connectivity index (χ4n) is 1.86. The van der Waals surface area contributed by atoms with E-state index in [4.69, 9.17) is 14.7 Å². The van der Waals surface area contributed by atoms with E-state index in [0.29, 0.717) is 24.5 Å². The van der Waals surface area contributed by atoms with E-state index in [1.807, 2.05) is 43.3 Å². The summed E-state index contributed by atoms with van der Waals surface area (Å²) in [5.74, 6) is 0.694. The summed E-state index contributed by atoms with van der Waals surface area (Å²) in [5, 5.41) is 8.80. The number of ether oxygens (including phenoxy) is 2.